The van der Waals surface area contributed by atoms with E-state index in [4.69, 9.17) is 9.47 Å². The van der Waals surface area contributed by atoms with Gasteiger partial charge in [0.1, 0.15) is 12.1 Å². The zero-order chi connectivity index (χ0) is 27.0. The first-order valence-electron chi connectivity index (χ1n) is 12.0. The summed E-state index contributed by atoms with van der Waals surface area (Å²) in [4.78, 5) is 7.90. The molecular formula is C28H30N4O5S. The fourth-order valence-corrected chi connectivity index (χ4v) is 4.96. The van der Waals surface area contributed by atoms with Crippen molar-refractivity contribution in [2.24, 2.45) is 0 Å². The van der Waals surface area contributed by atoms with Crippen LogP contribution in [0.15, 0.2) is 84.0 Å². The number of aromatic hydroxyl groups is 1. The summed E-state index contributed by atoms with van der Waals surface area (Å²) in [6, 6.07) is 22.3. The molecule has 0 unspecified atom stereocenters. The fourth-order valence-electron chi connectivity index (χ4n) is 3.95. The maximum Gasteiger partial charge on any atom is 0.263 e. The zero-order valence-corrected chi connectivity index (χ0v) is 22.0. The van der Waals surface area contributed by atoms with Gasteiger partial charge in [-0.15, -0.1) is 0 Å². The second-order valence-electron chi connectivity index (χ2n) is 8.55. The van der Waals surface area contributed by atoms with Crippen LogP contribution in [0.1, 0.15) is 23.1 Å². The molecule has 0 amide bonds. The predicted molar refractivity (Wildman–Crippen MR) is 146 cm³/mol. The second-order valence-corrected chi connectivity index (χ2v) is 10.2. The summed E-state index contributed by atoms with van der Waals surface area (Å²) >= 11 is 0. The number of sulfonamides is 1. The van der Waals surface area contributed by atoms with Crippen LogP contribution in [-0.2, 0) is 29.4 Å². The molecule has 10 heteroatoms. The highest BCUT2D eigenvalue weighted by molar-refractivity contribution is 7.92. The van der Waals surface area contributed by atoms with Gasteiger partial charge in [0, 0.05) is 17.8 Å². The molecule has 198 valence electrons. The Kier molecular flexibility index (Phi) is 8.65. The smallest absolute Gasteiger partial charge is 0.263 e. The van der Waals surface area contributed by atoms with Gasteiger partial charge in [0.2, 0.25) is 5.75 Å². The Morgan fingerprint density at radius 1 is 0.868 bits per heavy atom. The highest BCUT2D eigenvalue weighted by Crippen LogP contribution is 2.32. The quantitative estimate of drug-likeness (QED) is 0.237. The van der Waals surface area contributed by atoms with Gasteiger partial charge in [-0.05, 0) is 60.7 Å². The van der Waals surface area contributed by atoms with Crippen molar-refractivity contribution in [3.8, 4) is 17.4 Å². The third-order valence-corrected chi connectivity index (χ3v) is 7.33. The van der Waals surface area contributed by atoms with E-state index >= 15 is 0 Å². The number of ether oxygens (including phenoxy) is 2. The lowest BCUT2D eigenvalue weighted by molar-refractivity contribution is 0.342. The summed E-state index contributed by atoms with van der Waals surface area (Å²) in [7, 11) is -1.16. The average molecular weight is 535 g/mol. The van der Waals surface area contributed by atoms with Gasteiger partial charge >= 0.3 is 0 Å². The van der Waals surface area contributed by atoms with Gasteiger partial charge in [0.15, 0.2) is 5.82 Å². The molecule has 0 aliphatic rings. The van der Waals surface area contributed by atoms with Crippen LogP contribution in [0.2, 0.25) is 0 Å². The van der Waals surface area contributed by atoms with Crippen molar-refractivity contribution in [1.29, 1.82) is 0 Å². The molecule has 9 nitrogen and oxygen atoms in total. The molecule has 0 aliphatic heterocycles. The standard InChI is InChI=1S/C28H30N4O5S/c1-36-26-27(30-19-31-28(26)37-2)32-38(34,35)24-15-13-23(14-16-24)29-18-22-12-11-21(17-25(22)33)10-6-9-20-7-4-3-5-8-20/h3-5,7-8,11-17,19,29,33H,6,9-10,18H2,1-2H3,(H,30,31,32). The minimum absolute atomic E-state index is 0.0273. The average Bonchev–Trinajstić information content (AvgIpc) is 2.93. The summed E-state index contributed by atoms with van der Waals surface area (Å²) in [6.45, 7) is 0.387. The van der Waals surface area contributed by atoms with Crippen LogP contribution in [0, 0.1) is 0 Å². The molecular weight excluding hydrogens is 504 g/mol. The van der Waals surface area contributed by atoms with Crippen LogP contribution < -0.4 is 19.5 Å². The lowest BCUT2D eigenvalue weighted by atomic mass is 10.0. The van der Waals surface area contributed by atoms with E-state index in [1.165, 1.54) is 38.2 Å². The van der Waals surface area contributed by atoms with E-state index in [1.807, 2.05) is 30.3 Å². The van der Waals surface area contributed by atoms with Gasteiger partial charge in [0.25, 0.3) is 15.9 Å². The number of nitrogens with zero attached hydrogens (tertiary/aromatic N) is 2. The van der Waals surface area contributed by atoms with Crippen molar-refractivity contribution in [1.82, 2.24) is 9.97 Å². The molecule has 0 bridgehead atoms. The van der Waals surface area contributed by atoms with Crippen molar-refractivity contribution in [2.75, 3.05) is 24.3 Å². The van der Waals surface area contributed by atoms with Crippen LogP contribution in [0.3, 0.4) is 0 Å². The number of aromatic nitrogens is 2. The second kappa shape index (κ2) is 12.3. The Labute approximate surface area is 222 Å². The zero-order valence-electron chi connectivity index (χ0n) is 21.2. The number of hydrogen-bond acceptors (Lipinski definition) is 8. The van der Waals surface area contributed by atoms with Gasteiger partial charge in [-0.25, -0.2) is 13.4 Å². The molecule has 0 saturated heterocycles. The predicted octanol–water partition coefficient (Wildman–Crippen LogP) is 4.79. The highest BCUT2D eigenvalue weighted by atomic mass is 32.2. The molecule has 0 atom stereocenters. The topological polar surface area (TPSA) is 123 Å². The first-order valence-corrected chi connectivity index (χ1v) is 13.5. The van der Waals surface area contributed by atoms with Crippen LogP contribution in [-0.4, -0.2) is 37.7 Å². The maximum atomic E-state index is 12.9. The van der Waals surface area contributed by atoms with Gasteiger partial charge in [-0.3, -0.25) is 4.72 Å². The summed E-state index contributed by atoms with van der Waals surface area (Å²) in [5, 5.41) is 13.7. The monoisotopic (exact) mass is 534 g/mol. The molecule has 0 fully saturated rings. The van der Waals surface area contributed by atoms with Crippen LogP contribution in [0.4, 0.5) is 11.5 Å². The number of benzene rings is 3. The Hall–Kier alpha value is -4.31. The summed E-state index contributed by atoms with van der Waals surface area (Å²) in [5.74, 6) is 0.398. The van der Waals surface area contributed by atoms with Gasteiger partial charge in [0.05, 0.1) is 19.1 Å². The molecule has 4 aromatic rings. The molecule has 1 aromatic heterocycles. The van der Waals surface area contributed by atoms with E-state index in [9.17, 15) is 13.5 Å². The first kappa shape index (κ1) is 26.7. The fraction of sp³-hybridized carbons (Fsp3) is 0.214. The minimum Gasteiger partial charge on any atom is -0.508 e. The maximum absolute atomic E-state index is 12.9. The third kappa shape index (κ3) is 6.71. The van der Waals surface area contributed by atoms with Crippen LogP contribution in [0.5, 0.6) is 17.4 Å². The SMILES string of the molecule is COc1ncnc(NS(=O)(=O)c2ccc(NCc3ccc(CCCc4ccccc4)cc3O)cc2)c1OC. The minimum atomic E-state index is -3.94. The Morgan fingerprint density at radius 3 is 2.29 bits per heavy atom. The Bertz CT molecular complexity index is 1460. The summed E-state index contributed by atoms with van der Waals surface area (Å²) in [5.41, 5.74) is 3.85. The molecule has 4 rings (SSSR count). The van der Waals surface area contributed by atoms with Crippen molar-refractivity contribution in [3.05, 3.63) is 95.8 Å². The largest absolute Gasteiger partial charge is 0.508 e. The van der Waals surface area contributed by atoms with Crippen LogP contribution >= 0.6 is 0 Å². The molecule has 3 N–H and O–H groups in total. The van der Waals surface area contributed by atoms with E-state index < -0.39 is 10.0 Å². The molecule has 0 spiro atoms. The molecule has 0 saturated carbocycles. The number of phenolic OH excluding ortho intramolecular Hbond substituents is 1. The van der Waals surface area contributed by atoms with E-state index in [2.05, 4.69) is 32.1 Å². The van der Waals surface area contributed by atoms with Gasteiger partial charge in [-0.1, -0.05) is 42.5 Å². The molecule has 1 heterocycles. The Balaban J connectivity index is 1.34. The number of phenols is 1. The highest BCUT2D eigenvalue weighted by Gasteiger charge is 2.20. The summed E-state index contributed by atoms with van der Waals surface area (Å²) in [6.07, 6.45) is 4.06. The van der Waals surface area contributed by atoms with Gasteiger partial charge < -0.3 is 19.9 Å². The number of aryl methyl sites for hydroxylation is 2. The molecule has 3 aromatic carbocycles. The van der Waals surface area contributed by atoms with Gasteiger partial charge in [-0.2, -0.15) is 4.98 Å². The molecule has 0 aliphatic carbocycles. The van der Waals surface area contributed by atoms with E-state index in [-0.39, 0.29) is 28.1 Å². The Morgan fingerprint density at radius 2 is 1.61 bits per heavy atom. The molecule has 0 radical (unpaired) electrons. The normalized spacial score (nSPS) is 11.1. The van der Waals surface area contributed by atoms with E-state index in [1.54, 1.807) is 18.2 Å². The molecule has 38 heavy (non-hydrogen) atoms. The summed E-state index contributed by atoms with van der Waals surface area (Å²) < 4.78 is 38.4. The lowest BCUT2D eigenvalue weighted by Gasteiger charge is -2.13. The number of rotatable bonds is 12. The number of nitrogens with one attached hydrogen (secondary N) is 2. The lowest BCUT2D eigenvalue weighted by Crippen LogP contribution is -2.15. The number of hydrogen-bond donors (Lipinski definition) is 3. The first-order chi connectivity index (χ1) is 18.4. The van der Waals surface area contributed by atoms with E-state index in [0.29, 0.717) is 12.2 Å². The van der Waals surface area contributed by atoms with Crippen molar-refractivity contribution >= 4 is 21.5 Å². The van der Waals surface area contributed by atoms with Crippen LogP contribution in [0.25, 0.3) is 0 Å². The third-order valence-electron chi connectivity index (χ3n) is 5.97. The van der Waals surface area contributed by atoms with E-state index in [0.717, 1.165) is 30.4 Å². The number of anilines is 2. The van der Waals surface area contributed by atoms with Crippen molar-refractivity contribution in [3.63, 3.8) is 0 Å². The van der Waals surface area contributed by atoms with Crippen molar-refractivity contribution < 1.29 is 23.0 Å². The van der Waals surface area contributed by atoms with Crippen molar-refractivity contribution in [2.45, 2.75) is 30.7 Å². The number of methoxy groups -OCH3 is 2.